The van der Waals surface area contributed by atoms with Gasteiger partial charge in [0.1, 0.15) is 0 Å². The lowest BCUT2D eigenvalue weighted by atomic mass is 10.0. The summed E-state index contributed by atoms with van der Waals surface area (Å²) in [5.74, 6) is -0.0419. The Hall–Kier alpha value is -2.66. The van der Waals surface area contributed by atoms with E-state index in [2.05, 4.69) is 15.4 Å². The van der Waals surface area contributed by atoms with Gasteiger partial charge in [0.15, 0.2) is 0 Å². The van der Waals surface area contributed by atoms with Crippen LogP contribution in [0.4, 0.5) is 0 Å². The molecule has 0 unspecified atom stereocenters. The van der Waals surface area contributed by atoms with E-state index in [-0.39, 0.29) is 11.8 Å². The summed E-state index contributed by atoms with van der Waals surface area (Å²) in [6, 6.07) is 13.0. The summed E-state index contributed by atoms with van der Waals surface area (Å²) in [5, 5.41) is 7.94. The summed E-state index contributed by atoms with van der Waals surface area (Å²) in [4.78, 5) is 16.9. The van der Waals surface area contributed by atoms with Crippen molar-refractivity contribution in [3.05, 3.63) is 76.8 Å². The lowest BCUT2D eigenvalue weighted by Crippen LogP contribution is -2.24. The second kappa shape index (κ2) is 7.49. The molecule has 0 aliphatic rings. The number of hydrogen-bond acceptors (Lipinski definition) is 3. The van der Waals surface area contributed by atoms with Crippen LogP contribution in [0.1, 0.15) is 41.5 Å². The summed E-state index contributed by atoms with van der Waals surface area (Å²) in [6.07, 6.45) is 3.31. The third-order valence-corrected chi connectivity index (χ3v) is 4.04. The van der Waals surface area contributed by atoms with E-state index in [0.29, 0.717) is 17.1 Å². The van der Waals surface area contributed by atoms with E-state index in [9.17, 15) is 4.79 Å². The second-order valence-electron chi connectivity index (χ2n) is 5.99. The number of amides is 1. The Morgan fingerprint density at radius 1 is 1.24 bits per heavy atom. The first kappa shape index (κ1) is 17.2. The molecular weight excluding hydrogens is 336 g/mol. The highest BCUT2D eigenvalue weighted by Crippen LogP contribution is 2.24. The average Bonchev–Trinajstić information content (AvgIpc) is 3.06. The molecule has 0 saturated heterocycles. The molecule has 128 valence electrons. The average molecular weight is 355 g/mol. The van der Waals surface area contributed by atoms with Crippen molar-refractivity contribution in [2.24, 2.45) is 0 Å². The smallest absolute Gasteiger partial charge is 0.255 e. The van der Waals surface area contributed by atoms with Crippen LogP contribution >= 0.6 is 11.6 Å². The van der Waals surface area contributed by atoms with Crippen molar-refractivity contribution < 1.29 is 4.79 Å². The van der Waals surface area contributed by atoms with Crippen LogP contribution in [0.3, 0.4) is 0 Å². The standard InChI is InChI=1S/C19H19ClN4O/c1-13(2)18-17(19(25)22-11-15-7-3-4-9-21-15)12-23-24(18)16-8-5-6-14(20)10-16/h3-10,12-13H,11H2,1-2H3,(H,22,25). The molecule has 3 rings (SSSR count). The highest BCUT2D eigenvalue weighted by Gasteiger charge is 2.20. The minimum Gasteiger partial charge on any atom is -0.346 e. The van der Waals surface area contributed by atoms with Gasteiger partial charge in [-0.15, -0.1) is 0 Å². The summed E-state index contributed by atoms with van der Waals surface area (Å²) in [5.41, 5.74) is 3.05. The van der Waals surface area contributed by atoms with Gasteiger partial charge < -0.3 is 5.32 Å². The molecule has 0 saturated carbocycles. The van der Waals surface area contributed by atoms with Gasteiger partial charge in [-0.25, -0.2) is 4.68 Å². The maximum atomic E-state index is 12.6. The van der Waals surface area contributed by atoms with Crippen molar-refractivity contribution in [3.8, 4) is 5.69 Å². The number of halogens is 1. The Bertz CT molecular complexity index is 874. The molecule has 25 heavy (non-hydrogen) atoms. The van der Waals surface area contributed by atoms with Crippen LogP contribution in [0.2, 0.25) is 5.02 Å². The van der Waals surface area contributed by atoms with Crippen LogP contribution in [0.25, 0.3) is 5.69 Å². The first-order valence-electron chi connectivity index (χ1n) is 8.08. The molecule has 0 radical (unpaired) electrons. The Kier molecular flexibility index (Phi) is 5.14. The number of nitrogens with one attached hydrogen (secondary N) is 1. The number of rotatable bonds is 5. The molecule has 2 heterocycles. The van der Waals surface area contributed by atoms with Gasteiger partial charge in [0.05, 0.1) is 35.4 Å². The zero-order valence-electron chi connectivity index (χ0n) is 14.1. The van der Waals surface area contributed by atoms with Crippen LogP contribution in [-0.2, 0) is 6.54 Å². The molecule has 5 nitrogen and oxygen atoms in total. The summed E-state index contributed by atoms with van der Waals surface area (Å²) in [7, 11) is 0. The van der Waals surface area contributed by atoms with Gasteiger partial charge in [0.2, 0.25) is 0 Å². The highest BCUT2D eigenvalue weighted by atomic mass is 35.5. The molecule has 1 aromatic carbocycles. The summed E-state index contributed by atoms with van der Waals surface area (Å²) < 4.78 is 1.77. The molecule has 0 atom stereocenters. The van der Waals surface area contributed by atoms with E-state index in [1.807, 2.05) is 56.3 Å². The lowest BCUT2D eigenvalue weighted by Gasteiger charge is -2.13. The maximum Gasteiger partial charge on any atom is 0.255 e. The van der Waals surface area contributed by atoms with Crippen molar-refractivity contribution in [1.82, 2.24) is 20.1 Å². The van der Waals surface area contributed by atoms with Crippen molar-refractivity contribution in [2.45, 2.75) is 26.3 Å². The van der Waals surface area contributed by atoms with Crippen LogP contribution in [-0.4, -0.2) is 20.7 Å². The predicted molar refractivity (Wildman–Crippen MR) is 98.1 cm³/mol. The quantitative estimate of drug-likeness (QED) is 0.754. The highest BCUT2D eigenvalue weighted by molar-refractivity contribution is 6.30. The fourth-order valence-electron chi connectivity index (χ4n) is 2.67. The van der Waals surface area contributed by atoms with Gasteiger partial charge in [0.25, 0.3) is 5.91 Å². The van der Waals surface area contributed by atoms with E-state index < -0.39 is 0 Å². The number of hydrogen-bond donors (Lipinski definition) is 1. The Labute approximate surface area is 151 Å². The monoisotopic (exact) mass is 354 g/mol. The molecule has 6 heteroatoms. The normalized spacial score (nSPS) is 10.9. The fraction of sp³-hybridized carbons (Fsp3) is 0.211. The Morgan fingerprint density at radius 2 is 2.08 bits per heavy atom. The van der Waals surface area contributed by atoms with Crippen molar-refractivity contribution in [1.29, 1.82) is 0 Å². The molecule has 0 fully saturated rings. The van der Waals surface area contributed by atoms with Crippen LogP contribution in [0.5, 0.6) is 0 Å². The van der Waals surface area contributed by atoms with Gasteiger partial charge in [-0.1, -0.05) is 37.6 Å². The Morgan fingerprint density at radius 3 is 2.76 bits per heavy atom. The molecule has 0 aliphatic carbocycles. The molecule has 0 aliphatic heterocycles. The minimum atomic E-state index is -0.164. The van der Waals surface area contributed by atoms with E-state index in [1.165, 1.54) is 0 Å². The van der Waals surface area contributed by atoms with Crippen molar-refractivity contribution >= 4 is 17.5 Å². The summed E-state index contributed by atoms with van der Waals surface area (Å²) >= 11 is 6.09. The zero-order chi connectivity index (χ0) is 17.8. The van der Waals surface area contributed by atoms with Crippen LogP contribution < -0.4 is 5.32 Å². The molecule has 1 amide bonds. The topological polar surface area (TPSA) is 59.8 Å². The van der Waals surface area contributed by atoms with E-state index in [4.69, 9.17) is 11.6 Å². The molecule has 3 aromatic rings. The minimum absolute atomic E-state index is 0.122. The van der Waals surface area contributed by atoms with E-state index in [1.54, 1.807) is 17.1 Å². The fourth-order valence-corrected chi connectivity index (χ4v) is 2.86. The number of pyridine rings is 1. The van der Waals surface area contributed by atoms with Crippen LogP contribution in [0, 0.1) is 0 Å². The maximum absolute atomic E-state index is 12.6. The Balaban J connectivity index is 1.87. The molecule has 0 spiro atoms. The van der Waals surface area contributed by atoms with Gasteiger partial charge in [-0.05, 0) is 36.2 Å². The number of aromatic nitrogens is 3. The number of benzene rings is 1. The predicted octanol–water partition coefficient (Wildman–Crippen LogP) is 3.97. The van der Waals surface area contributed by atoms with Gasteiger partial charge in [0, 0.05) is 11.2 Å². The number of carbonyl (C=O) groups excluding carboxylic acids is 1. The van der Waals surface area contributed by atoms with E-state index in [0.717, 1.165) is 17.1 Å². The van der Waals surface area contributed by atoms with Gasteiger partial charge >= 0.3 is 0 Å². The van der Waals surface area contributed by atoms with Crippen LogP contribution in [0.15, 0.2) is 54.9 Å². The molecule has 1 N–H and O–H groups in total. The van der Waals surface area contributed by atoms with E-state index >= 15 is 0 Å². The van der Waals surface area contributed by atoms with Gasteiger partial charge in [-0.3, -0.25) is 9.78 Å². The largest absolute Gasteiger partial charge is 0.346 e. The zero-order valence-corrected chi connectivity index (χ0v) is 14.9. The van der Waals surface area contributed by atoms with Crippen molar-refractivity contribution in [2.75, 3.05) is 0 Å². The molecular formula is C19H19ClN4O. The third-order valence-electron chi connectivity index (χ3n) is 3.81. The first-order chi connectivity index (χ1) is 12.1. The SMILES string of the molecule is CC(C)c1c(C(=O)NCc2ccccn2)cnn1-c1cccc(Cl)c1. The second-order valence-corrected chi connectivity index (χ2v) is 6.43. The number of carbonyl (C=O) groups is 1. The third kappa shape index (κ3) is 3.88. The summed E-state index contributed by atoms with van der Waals surface area (Å²) in [6.45, 7) is 4.45. The van der Waals surface area contributed by atoms with Gasteiger partial charge in [-0.2, -0.15) is 5.10 Å². The first-order valence-corrected chi connectivity index (χ1v) is 8.46. The lowest BCUT2D eigenvalue weighted by molar-refractivity contribution is 0.0949. The number of nitrogens with zero attached hydrogens (tertiary/aromatic N) is 3. The molecule has 0 bridgehead atoms. The molecule has 2 aromatic heterocycles. The van der Waals surface area contributed by atoms with Crippen molar-refractivity contribution in [3.63, 3.8) is 0 Å².